The molecule has 8 heteroatoms. The molecule has 148 valence electrons. The van der Waals surface area contributed by atoms with Gasteiger partial charge in [0.1, 0.15) is 17.0 Å². The van der Waals surface area contributed by atoms with Crippen molar-refractivity contribution in [2.45, 2.75) is 5.37 Å². The van der Waals surface area contributed by atoms with E-state index in [0.717, 1.165) is 24.2 Å². The molecule has 0 aliphatic carbocycles. The first-order valence-corrected chi connectivity index (χ1v) is 10.6. The van der Waals surface area contributed by atoms with Crippen LogP contribution in [0.2, 0.25) is 0 Å². The molecular formula is C21H20N4O2S2. The smallest absolute Gasteiger partial charge is 0.198 e. The second-order valence-electron chi connectivity index (χ2n) is 6.52. The van der Waals surface area contributed by atoms with Gasteiger partial charge in [-0.05, 0) is 11.1 Å². The van der Waals surface area contributed by atoms with Gasteiger partial charge in [-0.1, -0.05) is 78.6 Å². The molecular weight excluding hydrogens is 404 g/mol. The molecule has 0 amide bonds. The Balaban J connectivity index is 1.54. The van der Waals surface area contributed by atoms with E-state index >= 15 is 0 Å². The predicted octanol–water partition coefficient (Wildman–Crippen LogP) is 3.68. The molecule has 6 nitrogen and oxygen atoms in total. The average Bonchev–Trinajstić information content (AvgIpc) is 3.33. The van der Waals surface area contributed by atoms with E-state index in [-0.39, 0.29) is 5.78 Å². The molecule has 4 rings (SSSR count). The first-order chi connectivity index (χ1) is 14.2. The van der Waals surface area contributed by atoms with Gasteiger partial charge >= 0.3 is 0 Å². The van der Waals surface area contributed by atoms with Gasteiger partial charge in [-0.3, -0.25) is 4.79 Å². The summed E-state index contributed by atoms with van der Waals surface area (Å²) < 4.78 is 7.62. The summed E-state index contributed by atoms with van der Waals surface area (Å²) in [4.78, 5) is 19.4. The van der Waals surface area contributed by atoms with Crippen LogP contribution in [0.15, 0.2) is 67.3 Å². The van der Waals surface area contributed by atoms with Crippen molar-refractivity contribution in [2.75, 3.05) is 26.3 Å². The summed E-state index contributed by atoms with van der Waals surface area (Å²) in [7, 11) is 0. The van der Waals surface area contributed by atoms with E-state index in [0.29, 0.717) is 23.1 Å². The van der Waals surface area contributed by atoms with E-state index in [9.17, 15) is 4.79 Å². The number of nitrogens with zero attached hydrogens (tertiary/aromatic N) is 4. The topological polar surface area (TPSA) is 60.2 Å². The monoisotopic (exact) mass is 424 g/mol. The summed E-state index contributed by atoms with van der Waals surface area (Å²) in [6, 6.07) is 17.7. The van der Waals surface area contributed by atoms with Crippen LogP contribution in [-0.2, 0) is 4.74 Å². The maximum atomic E-state index is 13.3. The van der Waals surface area contributed by atoms with Crippen LogP contribution in [0.5, 0.6) is 0 Å². The lowest BCUT2D eigenvalue weighted by atomic mass is 10.0. The highest BCUT2D eigenvalue weighted by Gasteiger charge is 2.27. The normalized spacial score (nSPS) is 15.1. The lowest BCUT2D eigenvalue weighted by Gasteiger charge is -2.30. The fraction of sp³-hybridized carbons (Fsp3) is 0.238. The minimum atomic E-state index is -0.601. The average molecular weight is 425 g/mol. The largest absolute Gasteiger partial charge is 0.378 e. The Labute approximate surface area is 178 Å². The molecule has 0 N–H and O–H groups in total. The zero-order chi connectivity index (χ0) is 20.1. The van der Waals surface area contributed by atoms with Crippen LogP contribution in [0, 0.1) is 0 Å². The zero-order valence-electron chi connectivity index (χ0n) is 15.7. The molecule has 1 saturated heterocycles. The van der Waals surface area contributed by atoms with Gasteiger partial charge in [0.2, 0.25) is 0 Å². The van der Waals surface area contributed by atoms with Gasteiger partial charge in [-0.15, -0.1) is 0 Å². The molecule has 0 spiro atoms. The summed E-state index contributed by atoms with van der Waals surface area (Å²) in [5.74, 6) is -0.0595. The molecule has 3 aromatic rings. The molecule has 0 radical (unpaired) electrons. The van der Waals surface area contributed by atoms with Crippen molar-refractivity contribution >= 4 is 34.1 Å². The van der Waals surface area contributed by atoms with Crippen LogP contribution < -0.4 is 0 Å². The number of rotatable bonds is 5. The van der Waals surface area contributed by atoms with Crippen molar-refractivity contribution < 1.29 is 9.53 Å². The zero-order valence-corrected chi connectivity index (χ0v) is 17.3. The molecule has 1 fully saturated rings. The number of ketones is 1. The van der Waals surface area contributed by atoms with Gasteiger partial charge in [-0.25, -0.2) is 9.67 Å². The van der Waals surface area contributed by atoms with Gasteiger partial charge in [0.05, 0.1) is 13.2 Å². The number of thiocarbonyl (C=S) groups is 1. The van der Waals surface area contributed by atoms with Gasteiger partial charge in [0.15, 0.2) is 11.2 Å². The molecule has 1 aliphatic rings. The van der Waals surface area contributed by atoms with Crippen molar-refractivity contribution in [1.82, 2.24) is 19.7 Å². The number of morpholine rings is 1. The van der Waals surface area contributed by atoms with Crippen molar-refractivity contribution in [3.63, 3.8) is 0 Å². The SMILES string of the molecule is O=C(c1ccc(-c2ccccc2)cc1)C(SC(=S)N1CCOCC1)n1cncn1. The third kappa shape index (κ3) is 4.72. The third-order valence-electron chi connectivity index (χ3n) is 4.66. The summed E-state index contributed by atoms with van der Waals surface area (Å²) in [6.45, 7) is 2.75. The molecule has 0 saturated carbocycles. The van der Waals surface area contributed by atoms with Crippen molar-refractivity contribution in [1.29, 1.82) is 0 Å². The molecule has 29 heavy (non-hydrogen) atoms. The predicted molar refractivity (Wildman–Crippen MR) is 118 cm³/mol. The van der Waals surface area contributed by atoms with Crippen molar-refractivity contribution in [2.24, 2.45) is 0 Å². The summed E-state index contributed by atoms with van der Waals surface area (Å²) in [6.07, 6.45) is 2.98. The maximum absolute atomic E-state index is 13.3. The minimum absolute atomic E-state index is 0.0595. The number of benzene rings is 2. The quantitative estimate of drug-likeness (QED) is 0.457. The fourth-order valence-corrected chi connectivity index (χ4v) is 4.52. The van der Waals surface area contributed by atoms with Crippen LogP contribution in [0.3, 0.4) is 0 Å². The highest BCUT2D eigenvalue weighted by molar-refractivity contribution is 8.23. The highest BCUT2D eigenvalue weighted by atomic mass is 32.2. The Bertz CT molecular complexity index is 956. The van der Waals surface area contributed by atoms with Gasteiger partial charge in [-0.2, -0.15) is 5.10 Å². The second kappa shape index (κ2) is 9.30. The second-order valence-corrected chi connectivity index (χ2v) is 8.23. The van der Waals surface area contributed by atoms with E-state index < -0.39 is 5.37 Å². The number of thioether (sulfide) groups is 1. The van der Waals surface area contributed by atoms with E-state index in [1.807, 2.05) is 54.6 Å². The number of carbonyl (C=O) groups is 1. The van der Waals surface area contributed by atoms with E-state index in [4.69, 9.17) is 17.0 Å². The van der Waals surface area contributed by atoms with Gasteiger partial charge in [0, 0.05) is 18.7 Å². The molecule has 1 atom stereocenters. The first kappa shape index (κ1) is 19.8. The molecule has 1 unspecified atom stereocenters. The van der Waals surface area contributed by atoms with Crippen LogP contribution >= 0.6 is 24.0 Å². The third-order valence-corrected chi connectivity index (χ3v) is 6.32. The van der Waals surface area contributed by atoms with Crippen LogP contribution in [0.4, 0.5) is 0 Å². The molecule has 1 aromatic heterocycles. The van der Waals surface area contributed by atoms with Crippen LogP contribution in [0.1, 0.15) is 15.7 Å². The lowest BCUT2D eigenvalue weighted by molar-refractivity contribution is 0.0702. The van der Waals surface area contributed by atoms with Gasteiger partial charge in [0.25, 0.3) is 0 Å². The number of hydrogen-bond acceptors (Lipinski definition) is 6. The fourth-order valence-electron chi connectivity index (χ4n) is 3.08. The summed E-state index contributed by atoms with van der Waals surface area (Å²) in [5.41, 5.74) is 2.79. The lowest BCUT2D eigenvalue weighted by Crippen LogP contribution is -2.39. The Morgan fingerprint density at radius 1 is 1.03 bits per heavy atom. The Morgan fingerprint density at radius 3 is 2.38 bits per heavy atom. The number of aromatic nitrogens is 3. The van der Waals surface area contributed by atoms with E-state index in [2.05, 4.69) is 15.0 Å². The molecule has 2 aromatic carbocycles. The number of hydrogen-bond donors (Lipinski definition) is 0. The Kier molecular flexibility index (Phi) is 6.33. The number of Topliss-reactive ketones (excluding diaryl/α,β-unsaturated/α-hetero) is 1. The standard InChI is InChI=1S/C21H20N4O2S2/c26-19(18-8-6-17(7-9-18)16-4-2-1-3-5-16)20(25-15-22-14-23-25)29-21(28)24-10-12-27-13-11-24/h1-9,14-15,20H,10-13H2. The van der Waals surface area contributed by atoms with E-state index in [1.54, 1.807) is 11.0 Å². The van der Waals surface area contributed by atoms with E-state index in [1.165, 1.54) is 18.1 Å². The number of ether oxygens (including phenoxy) is 1. The molecule has 2 heterocycles. The summed E-state index contributed by atoms with van der Waals surface area (Å²) in [5, 5.41) is 3.59. The number of carbonyl (C=O) groups excluding carboxylic acids is 1. The maximum Gasteiger partial charge on any atom is 0.198 e. The van der Waals surface area contributed by atoms with Gasteiger partial charge < -0.3 is 9.64 Å². The molecule has 0 bridgehead atoms. The summed E-state index contributed by atoms with van der Waals surface area (Å²) >= 11 is 6.92. The minimum Gasteiger partial charge on any atom is -0.378 e. The highest BCUT2D eigenvalue weighted by Crippen LogP contribution is 2.30. The van der Waals surface area contributed by atoms with Crippen molar-refractivity contribution in [3.05, 3.63) is 72.8 Å². The molecule has 1 aliphatic heterocycles. The Hall–Kier alpha value is -2.55. The van der Waals surface area contributed by atoms with Crippen LogP contribution in [0.25, 0.3) is 11.1 Å². The first-order valence-electron chi connectivity index (χ1n) is 9.29. The van der Waals surface area contributed by atoms with Crippen molar-refractivity contribution in [3.8, 4) is 11.1 Å². The van der Waals surface area contributed by atoms with Crippen LogP contribution in [-0.4, -0.2) is 56.1 Å². The Morgan fingerprint density at radius 2 is 1.72 bits per heavy atom.